The van der Waals surface area contributed by atoms with Gasteiger partial charge >= 0.3 is 0 Å². The van der Waals surface area contributed by atoms with Crippen molar-refractivity contribution in [2.24, 2.45) is 0 Å². The number of carbonyl (C=O) groups is 1. The molecule has 122 valence electrons. The van der Waals surface area contributed by atoms with Crippen molar-refractivity contribution in [3.8, 4) is 0 Å². The van der Waals surface area contributed by atoms with Gasteiger partial charge in [0.2, 0.25) is 10.0 Å². The number of sulfonamides is 1. The third-order valence-electron chi connectivity index (χ3n) is 3.82. The van der Waals surface area contributed by atoms with E-state index >= 15 is 0 Å². The second-order valence-corrected chi connectivity index (χ2v) is 7.67. The Bertz CT molecular complexity index is 605. The lowest BCUT2D eigenvalue weighted by Crippen LogP contribution is -2.47. The maximum atomic E-state index is 12.1. The number of benzene rings is 1. The summed E-state index contributed by atoms with van der Waals surface area (Å²) in [5, 5.41) is 2.96. The number of hydrogen-bond acceptors (Lipinski definition) is 4. The summed E-state index contributed by atoms with van der Waals surface area (Å²) in [6, 6.07) is 6.76. The summed E-state index contributed by atoms with van der Waals surface area (Å²) < 4.78 is 25.5. The summed E-state index contributed by atoms with van der Waals surface area (Å²) >= 11 is 0. The summed E-state index contributed by atoms with van der Waals surface area (Å²) in [7, 11) is -3.14. The number of hydrogen-bond donors (Lipinski definition) is 2. The van der Waals surface area contributed by atoms with E-state index in [9.17, 15) is 13.2 Å². The van der Waals surface area contributed by atoms with Gasteiger partial charge in [-0.15, -0.1) is 0 Å². The number of amides is 1. The van der Waals surface area contributed by atoms with Crippen molar-refractivity contribution in [2.45, 2.75) is 32.2 Å². The lowest BCUT2D eigenvalue weighted by atomic mass is 10.1. The highest BCUT2D eigenvalue weighted by Crippen LogP contribution is 2.16. The molecule has 1 fully saturated rings. The Balaban J connectivity index is 1.87. The van der Waals surface area contributed by atoms with E-state index in [4.69, 9.17) is 5.73 Å². The topological polar surface area (TPSA) is 92.5 Å². The molecule has 3 N–H and O–H groups in total. The van der Waals surface area contributed by atoms with Crippen LogP contribution in [0, 0.1) is 0 Å². The first-order valence-electron chi connectivity index (χ1n) is 7.56. The van der Waals surface area contributed by atoms with Crippen LogP contribution in [0.5, 0.6) is 0 Å². The van der Waals surface area contributed by atoms with Gasteiger partial charge in [-0.1, -0.05) is 6.92 Å². The molecule has 0 unspecified atom stereocenters. The third-order valence-corrected chi connectivity index (χ3v) is 5.89. The number of rotatable bonds is 5. The Kier molecular flexibility index (Phi) is 5.42. The molecule has 6 nitrogen and oxygen atoms in total. The molecule has 1 amide bonds. The minimum Gasteiger partial charge on any atom is -0.399 e. The van der Waals surface area contributed by atoms with Crippen molar-refractivity contribution in [3.05, 3.63) is 29.8 Å². The monoisotopic (exact) mass is 325 g/mol. The van der Waals surface area contributed by atoms with Gasteiger partial charge < -0.3 is 11.1 Å². The Morgan fingerprint density at radius 2 is 1.86 bits per heavy atom. The summed E-state index contributed by atoms with van der Waals surface area (Å²) in [6.45, 7) is 2.79. The van der Waals surface area contributed by atoms with Gasteiger partial charge in [0.15, 0.2) is 0 Å². The molecule has 1 saturated heterocycles. The van der Waals surface area contributed by atoms with E-state index in [0.717, 1.165) is 0 Å². The Labute approximate surface area is 131 Å². The van der Waals surface area contributed by atoms with Gasteiger partial charge in [-0.25, -0.2) is 12.7 Å². The van der Waals surface area contributed by atoms with Crippen LogP contribution in [0.25, 0.3) is 0 Å². The summed E-state index contributed by atoms with van der Waals surface area (Å²) in [4.78, 5) is 12.1. The fourth-order valence-corrected chi connectivity index (χ4v) is 4.11. The standard InChI is InChI=1S/C15H23N3O3S/c1-2-11-22(20,21)18-9-7-14(8-10-18)17-15(19)12-3-5-13(16)6-4-12/h3-6,14H,2,7-11,16H2,1H3,(H,17,19). The van der Waals surface area contributed by atoms with Crippen LogP contribution in [-0.2, 0) is 10.0 Å². The summed E-state index contributed by atoms with van der Waals surface area (Å²) in [5.74, 6) is 0.0463. The van der Waals surface area contributed by atoms with E-state index in [-0.39, 0.29) is 17.7 Å². The number of carbonyl (C=O) groups excluding carboxylic acids is 1. The zero-order chi connectivity index (χ0) is 16.2. The minimum absolute atomic E-state index is 0.0122. The average molecular weight is 325 g/mol. The van der Waals surface area contributed by atoms with Crippen LogP contribution in [0.4, 0.5) is 5.69 Å². The second-order valence-electron chi connectivity index (χ2n) is 5.58. The lowest BCUT2D eigenvalue weighted by molar-refractivity contribution is 0.0924. The van der Waals surface area contributed by atoms with Crippen LogP contribution in [0.15, 0.2) is 24.3 Å². The van der Waals surface area contributed by atoms with Gasteiger partial charge in [0.25, 0.3) is 5.91 Å². The fourth-order valence-electron chi connectivity index (χ4n) is 2.57. The molecule has 0 atom stereocenters. The zero-order valence-corrected chi connectivity index (χ0v) is 13.6. The molecule has 1 aliphatic heterocycles. The van der Waals surface area contributed by atoms with Crippen LogP contribution in [0.1, 0.15) is 36.5 Å². The van der Waals surface area contributed by atoms with Gasteiger partial charge in [0.1, 0.15) is 0 Å². The zero-order valence-electron chi connectivity index (χ0n) is 12.8. The summed E-state index contributed by atoms with van der Waals surface area (Å²) in [6.07, 6.45) is 1.91. The van der Waals surface area contributed by atoms with E-state index in [2.05, 4.69) is 5.32 Å². The molecule has 1 aromatic carbocycles. The maximum absolute atomic E-state index is 12.1. The van der Waals surface area contributed by atoms with E-state index in [1.54, 1.807) is 24.3 Å². The Morgan fingerprint density at radius 3 is 2.41 bits per heavy atom. The molecule has 0 radical (unpaired) electrons. The number of nitrogen functional groups attached to an aromatic ring is 1. The van der Waals surface area contributed by atoms with Crippen LogP contribution in [-0.4, -0.2) is 43.5 Å². The molecule has 2 rings (SSSR count). The number of nitrogens with two attached hydrogens (primary N) is 1. The van der Waals surface area contributed by atoms with Crippen LogP contribution < -0.4 is 11.1 Å². The predicted molar refractivity (Wildman–Crippen MR) is 87.0 cm³/mol. The lowest BCUT2D eigenvalue weighted by Gasteiger charge is -2.31. The molecule has 1 heterocycles. The molecule has 1 aromatic rings. The molecular formula is C15H23N3O3S. The van der Waals surface area contributed by atoms with Crippen LogP contribution in [0.2, 0.25) is 0 Å². The normalized spacial score (nSPS) is 17.3. The van der Waals surface area contributed by atoms with Gasteiger partial charge in [0, 0.05) is 30.4 Å². The van der Waals surface area contributed by atoms with E-state index in [1.807, 2.05) is 6.92 Å². The smallest absolute Gasteiger partial charge is 0.251 e. The molecule has 0 saturated carbocycles. The number of anilines is 1. The van der Waals surface area contributed by atoms with Gasteiger partial charge in [0.05, 0.1) is 5.75 Å². The number of nitrogens with zero attached hydrogens (tertiary/aromatic N) is 1. The van der Waals surface area contributed by atoms with Crippen molar-refractivity contribution in [1.82, 2.24) is 9.62 Å². The first-order chi connectivity index (χ1) is 10.4. The largest absolute Gasteiger partial charge is 0.399 e. The van der Waals surface area contributed by atoms with Gasteiger partial charge in [-0.05, 0) is 43.5 Å². The van der Waals surface area contributed by atoms with Crippen molar-refractivity contribution in [3.63, 3.8) is 0 Å². The Morgan fingerprint density at radius 1 is 1.27 bits per heavy atom. The number of nitrogens with one attached hydrogen (secondary N) is 1. The first-order valence-corrected chi connectivity index (χ1v) is 9.17. The molecule has 0 aromatic heterocycles. The Hall–Kier alpha value is -1.60. The first kappa shape index (κ1) is 16.8. The van der Waals surface area contributed by atoms with Crippen molar-refractivity contribution >= 4 is 21.6 Å². The third kappa shape index (κ3) is 4.20. The molecular weight excluding hydrogens is 302 g/mol. The van der Waals surface area contributed by atoms with E-state index < -0.39 is 10.0 Å². The van der Waals surface area contributed by atoms with Crippen molar-refractivity contribution in [1.29, 1.82) is 0 Å². The average Bonchev–Trinajstić information content (AvgIpc) is 2.48. The highest BCUT2D eigenvalue weighted by atomic mass is 32.2. The SMILES string of the molecule is CCCS(=O)(=O)N1CCC(NC(=O)c2ccc(N)cc2)CC1. The molecule has 0 aliphatic carbocycles. The van der Waals surface area contributed by atoms with Crippen molar-refractivity contribution in [2.75, 3.05) is 24.6 Å². The molecule has 1 aliphatic rings. The predicted octanol–water partition coefficient (Wildman–Crippen LogP) is 1.20. The van der Waals surface area contributed by atoms with Crippen LogP contribution >= 0.6 is 0 Å². The second kappa shape index (κ2) is 7.11. The van der Waals surface area contributed by atoms with E-state index in [1.165, 1.54) is 4.31 Å². The molecule has 0 spiro atoms. The van der Waals surface area contributed by atoms with Crippen molar-refractivity contribution < 1.29 is 13.2 Å². The summed E-state index contributed by atoms with van der Waals surface area (Å²) in [5.41, 5.74) is 6.78. The molecule has 22 heavy (non-hydrogen) atoms. The highest BCUT2D eigenvalue weighted by Gasteiger charge is 2.28. The minimum atomic E-state index is -3.14. The fraction of sp³-hybridized carbons (Fsp3) is 0.533. The quantitative estimate of drug-likeness (QED) is 0.796. The van der Waals surface area contributed by atoms with Gasteiger partial charge in [-0.2, -0.15) is 0 Å². The van der Waals surface area contributed by atoms with Crippen LogP contribution in [0.3, 0.4) is 0 Å². The maximum Gasteiger partial charge on any atom is 0.251 e. The number of piperidine rings is 1. The van der Waals surface area contributed by atoms with E-state index in [0.29, 0.717) is 43.6 Å². The molecule has 0 bridgehead atoms. The molecule has 7 heteroatoms. The van der Waals surface area contributed by atoms with Gasteiger partial charge in [-0.3, -0.25) is 4.79 Å². The highest BCUT2D eigenvalue weighted by molar-refractivity contribution is 7.89.